The molecule has 48 heavy (non-hydrogen) atoms. The number of benzene rings is 8. The van der Waals surface area contributed by atoms with Gasteiger partial charge in [-0.1, -0.05) is 133 Å². The lowest BCUT2D eigenvalue weighted by molar-refractivity contribution is 1.10. The van der Waals surface area contributed by atoms with Gasteiger partial charge in [0.15, 0.2) is 0 Å². The molecular formula is C45H28N2S. The second kappa shape index (κ2) is 10.8. The summed E-state index contributed by atoms with van der Waals surface area (Å²) >= 11 is 1.87. The topological polar surface area (TPSA) is 17.8 Å². The third kappa shape index (κ3) is 4.01. The molecule has 0 radical (unpaired) electrons. The zero-order chi connectivity index (χ0) is 31.6. The summed E-state index contributed by atoms with van der Waals surface area (Å²) in [7, 11) is 0. The zero-order valence-electron chi connectivity index (χ0n) is 26.0. The van der Waals surface area contributed by atoms with Crippen LogP contribution >= 0.6 is 11.3 Å². The van der Waals surface area contributed by atoms with Gasteiger partial charge in [-0.15, -0.1) is 11.3 Å². The summed E-state index contributed by atoms with van der Waals surface area (Å²) in [5.41, 5.74) is 9.24. The van der Waals surface area contributed by atoms with Gasteiger partial charge < -0.3 is 0 Å². The van der Waals surface area contributed by atoms with Crippen LogP contribution in [0.1, 0.15) is 0 Å². The van der Waals surface area contributed by atoms with Crippen LogP contribution in [0.25, 0.3) is 92.1 Å². The van der Waals surface area contributed by atoms with Gasteiger partial charge in [-0.3, -0.25) is 4.57 Å². The first kappa shape index (κ1) is 27.1. The van der Waals surface area contributed by atoms with Crippen LogP contribution in [-0.2, 0) is 0 Å². The lowest BCUT2D eigenvalue weighted by Crippen LogP contribution is -1.99. The number of thiophene rings is 1. The van der Waals surface area contributed by atoms with E-state index in [0.29, 0.717) is 0 Å². The van der Waals surface area contributed by atoms with E-state index >= 15 is 0 Å². The highest BCUT2D eigenvalue weighted by atomic mass is 32.1. The largest absolute Gasteiger partial charge is 0.292 e. The molecule has 2 aromatic heterocycles. The van der Waals surface area contributed by atoms with Crippen LogP contribution in [0, 0.1) is 0 Å². The molecule has 0 aliphatic heterocycles. The summed E-state index contributed by atoms with van der Waals surface area (Å²) in [5.74, 6) is 0.935. The fraction of sp³-hybridized carbons (Fsp3) is 0. The molecule has 2 nitrogen and oxygen atoms in total. The van der Waals surface area contributed by atoms with E-state index in [2.05, 4.69) is 174 Å². The van der Waals surface area contributed by atoms with Crippen LogP contribution < -0.4 is 0 Å². The highest BCUT2D eigenvalue weighted by molar-refractivity contribution is 7.25. The Bertz CT molecular complexity index is 2780. The Labute approximate surface area is 281 Å². The summed E-state index contributed by atoms with van der Waals surface area (Å²) in [6.07, 6.45) is 0. The number of nitrogens with zero attached hydrogens (tertiary/aromatic N) is 2. The van der Waals surface area contributed by atoms with Gasteiger partial charge in [0, 0.05) is 31.4 Å². The van der Waals surface area contributed by atoms with Crippen molar-refractivity contribution in [2.24, 2.45) is 0 Å². The fourth-order valence-corrected chi connectivity index (χ4v) is 8.77. The van der Waals surface area contributed by atoms with Crippen molar-refractivity contribution in [2.45, 2.75) is 0 Å². The molecular weight excluding hydrogens is 601 g/mol. The highest BCUT2D eigenvalue weighted by Crippen LogP contribution is 2.49. The van der Waals surface area contributed by atoms with Crippen LogP contribution in [0.4, 0.5) is 0 Å². The number of para-hydroxylation sites is 3. The van der Waals surface area contributed by atoms with Crippen molar-refractivity contribution in [3.05, 3.63) is 170 Å². The van der Waals surface area contributed by atoms with Gasteiger partial charge in [-0.25, -0.2) is 4.98 Å². The minimum absolute atomic E-state index is 0.935. The van der Waals surface area contributed by atoms with E-state index in [4.69, 9.17) is 4.98 Å². The normalized spacial score (nSPS) is 11.8. The van der Waals surface area contributed by atoms with Gasteiger partial charge >= 0.3 is 0 Å². The number of hydrogen-bond donors (Lipinski definition) is 0. The standard InChI is InChI=1S/C45H28N2S/c1-2-15-29(16-3-1)47-39-26-12-11-25-38(39)46-45(47)35-22-9-8-21-34(35)42-30-17-4-6-19-32(30)43(33-20-7-5-18-31(33)42)37-24-14-28-41-44(37)36-23-10-13-27-40(36)48-41/h1-28H. The Morgan fingerprint density at radius 3 is 1.65 bits per heavy atom. The lowest BCUT2D eigenvalue weighted by Gasteiger charge is -2.20. The molecule has 0 unspecified atom stereocenters. The smallest absolute Gasteiger partial charge is 0.146 e. The summed E-state index contributed by atoms with van der Waals surface area (Å²) in [5, 5.41) is 7.62. The van der Waals surface area contributed by atoms with E-state index in [1.807, 2.05) is 11.3 Å². The number of imidazole rings is 1. The highest BCUT2D eigenvalue weighted by Gasteiger charge is 2.23. The molecule has 224 valence electrons. The summed E-state index contributed by atoms with van der Waals surface area (Å²) < 4.78 is 4.94. The molecule has 0 saturated carbocycles. The van der Waals surface area contributed by atoms with Gasteiger partial charge in [0.25, 0.3) is 0 Å². The molecule has 0 N–H and O–H groups in total. The first-order valence-electron chi connectivity index (χ1n) is 16.3. The Morgan fingerprint density at radius 2 is 0.917 bits per heavy atom. The molecule has 0 bridgehead atoms. The Morgan fingerprint density at radius 1 is 0.396 bits per heavy atom. The molecule has 0 aliphatic rings. The SMILES string of the molecule is c1ccc(-n2c(-c3ccccc3-c3c4ccccc4c(-c4cccc5sc6ccccc6c45)c4ccccc34)nc3ccccc32)cc1. The molecule has 0 amide bonds. The van der Waals surface area contributed by atoms with E-state index in [0.717, 1.165) is 28.1 Å². The molecule has 10 rings (SSSR count). The average molecular weight is 629 g/mol. The Balaban J connectivity index is 1.32. The summed E-state index contributed by atoms with van der Waals surface area (Å²) in [4.78, 5) is 5.29. The molecule has 0 saturated heterocycles. The van der Waals surface area contributed by atoms with E-state index in [9.17, 15) is 0 Å². The second-order valence-electron chi connectivity index (χ2n) is 12.3. The van der Waals surface area contributed by atoms with Crippen molar-refractivity contribution in [3.63, 3.8) is 0 Å². The van der Waals surface area contributed by atoms with Crippen LogP contribution in [0.5, 0.6) is 0 Å². The predicted molar refractivity (Wildman–Crippen MR) is 205 cm³/mol. The van der Waals surface area contributed by atoms with Gasteiger partial charge in [-0.05, 0) is 80.2 Å². The summed E-state index contributed by atoms with van der Waals surface area (Å²) in [6.45, 7) is 0. The van der Waals surface area contributed by atoms with E-state index in [-0.39, 0.29) is 0 Å². The molecule has 8 aromatic carbocycles. The molecule has 3 heteroatoms. The minimum Gasteiger partial charge on any atom is -0.292 e. The first-order chi connectivity index (χ1) is 23.8. The Hall–Kier alpha value is -6.03. The maximum Gasteiger partial charge on any atom is 0.146 e. The van der Waals surface area contributed by atoms with Gasteiger partial charge in [-0.2, -0.15) is 0 Å². The van der Waals surface area contributed by atoms with Crippen LogP contribution in [0.15, 0.2) is 170 Å². The van der Waals surface area contributed by atoms with E-state index in [1.54, 1.807) is 0 Å². The molecule has 10 aromatic rings. The second-order valence-corrected chi connectivity index (χ2v) is 13.3. The molecule has 0 spiro atoms. The van der Waals surface area contributed by atoms with Crippen LogP contribution in [0.2, 0.25) is 0 Å². The van der Waals surface area contributed by atoms with Crippen molar-refractivity contribution >= 4 is 64.1 Å². The van der Waals surface area contributed by atoms with E-state index < -0.39 is 0 Å². The minimum atomic E-state index is 0.935. The monoisotopic (exact) mass is 628 g/mol. The molecule has 2 heterocycles. The van der Waals surface area contributed by atoms with Gasteiger partial charge in [0.05, 0.1) is 11.0 Å². The Kier molecular flexibility index (Phi) is 6.08. The van der Waals surface area contributed by atoms with Crippen molar-refractivity contribution in [1.82, 2.24) is 9.55 Å². The average Bonchev–Trinajstić information content (AvgIpc) is 3.73. The maximum absolute atomic E-state index is 5.29. The number of hydrogen-bond acceptors (Lipinski definition) is 2. The predicted octanol–water partition coefficient (Wildman–Crippen LogP) is 12.7. The number of fused-ring (bicyclic) bond motifs is 6. The van der Waals surface area contributed by atoms with Crippen molar-refractivity contribution in [1.29, 1.82) is 0 Å². The fourth-order valence-electron chi connectivity index (χ4n) is 7.63. The zero-order valence-corrected chi connectivity index (χ0v) is 26.8. The number of aromatic nitrogens is 2. The van der Waals surface area contributed by atoms with Crippen molar-refractivity contribution < 1.29 is 0 Å². The molecule has 0 aliphatic carbocycles. The molecule has 0 fully saturated rings. The van der Waals surface area contributed by atoms with Crippen molar-refractivity contribution in [2.75, 3.05) is 0 Å². The lowest BCUT2D eigenvalue weighted by atomic mass is 9.84. The van der Waals surface area contributed by atoms with Gasteiger partial charge in [0.1, 0.15) is 5.82 Å². The van der Waals surface area contributed by atoms with Crippen LogP contribution in [-0.4, -0.2) is 9.55 Å². The summed E-state index contributed by atoms with van der Waals surface area (Å²) in [6, 6.07) is 61.3. The van der Waals surface area contributed by atoms with Crippen molar-refractivity contribution in [3.8, 4) is 39.3 Å². The third-order valence-electron chi connectivity index (χ3n) is 9.62. The van der Waals surface area contributed by atoms with E-state index in [1.165, 1.54) is 64.0 Å². The number of rotatable bonds is 4. The maximum atomic E-state index is 5.29. The third-order valence-corrected chi connectivity index (χ3v) is 10.8. The van der Waals surface area contributed by atoms with Crippen LogP contribution in [0.3, 0.4) is 0 Å². The quantitative estimate of drug-likeness (QED) is 0.177. The van der Waals surface area contributed by atoms with Gasteiger partial charge in [0.2, 0.25) is 0 Å². The first-order valence-corrected chi connectivity index (χ1v) is 17.1. The molecule has 0 atom stereocenters.